The minimum atomic E-state index is -0.157. The number of aromatic nitrogens is 3. The lowest BCUT2D eigenvalue weighted by atomic mass is 10.0. The van der Waals surface area contributed by atoms with Crippen molar-refractivity contribution in [2.45, 2.75) is 26.3 Å². The highest BCUT2D eigenvalue weighted by Crippen LogP contribution is 2.15. The van der Waals surface area contributed by atoms with Crippen molar-refractivity contribution in [2.24, 2.45) is 0 Å². The van der Waals surface area contributed by atoms with Crippen molar-refractivity contribution in [1.29, 1.82) is 0 Å². The number of nitrogens with zero attached hydrogens (tertiary/aromatic N) is 3. The zero-order valence-corrected chi connectivity index (χ0v) is 13.8. The number of carbonyl (C=O) groups excluding carboxylic acids is 1. The second-order valence-corrected chi connectivity index (χ2v) is 5.92. The van der Waals surface area contributed by atoms with E-state index in [1.807, 2.05) is 40.9 Å². The topological polar surface area (TPSA) is 59.3 Å². The third-order valence-corrected chi connectivity index (χ3v) is 3.84. The molecule has 0 saturated carbocycles. The van der Waals surface area contributed by atoms with Crippen LogP contribution in [0.5, 0.6) is 0 Å². The van der Waals surface area contributed by atoms with E-state index < -0.39 is 0 Å². The number of fused-ring (bicyclic) bond motifs is 1. The molecule has 1 amide bonds. The van der Waals surface area contributed by atoms with Crippen molar-refractivity contribution in [3.05, 3.63) is 71.7 Å². The Labute approximate surface area is 141 Å². The van der Waals surface area contributed by atoms with E-state index in [0.29, 0.717) is 18.3 Å². The fraction of sp³-hybridized carbons (Fsp3) is 0.211. The summed E-state index contributed by atoms with van der Waals surface area (Å²) in [6.45, 7) is 4.65. The molecule has 122 valence electrons. The number of carbonyl (C=O) groups is 1. The van der Waals surface area contributed by atoms with E-state index in [-0.39, 0.29) is 5.91 Å². The molecule has 1 aromatic carbocycles. The summed E-state index contributed by atoms with van der Waals surface area (Å²) in [7, 11) is 0. The summed E-state index contributed by atoms with van der Waals surface area (Å²) in [5.74, 6) is 1.05. The van der Waals surface area contributed by atoms with Crippen molar-refractivity contribution in [3.8, 4) is 0 Å². The van der Waals surface area contributed by atoms with E-state index in [1.165, 1.54) is 11.6 Å². The molecule has 5 nitrogen and oxygen atoms in total. The van der Waals surface area contributed by atoms with Crippen molar-refractivity contribution in [2.75, 3.05) is 0 Å². The molecule has 0 aliphatic heterocycles. The maximum absolute atomic E-state index is 12.0. The van der Waals surface area contributed by atoms with Gasteiger partial charge in [0.15, 0.2) is 11.5 Å². The van der Waals surface area contributed by atoms with Gasteiger partial charge in [-0.3, -0.25) is 9.20 Å². The number of nitrogens with one attached hydrogen (secondary N) is 1. The molecular weight excluding hydrogens is 300 g/mol. The fourth-order valence-electron chi connectivity index (χ4n) is 2.40. The Balaban J connectivity index is 1.59. The predicted molar refractivity (Wildman–Crippen MR) is 94.4 cm³/mol. The van der Waals surface area contributed by atoms with Gasteiger partial charge in [0.25, 0.3) is 0 Å². The summed E-state index contributed by atoms with van der Waals surface area (Å²) in [5.41, 5.74) is 3.06. The van der Waals surface area contributed by atoms with Gasteiger partial charge in [-0.25, -0.2) is 0 Å². The van der Waals surface area contributed by atoms with Crippen molar-refractivity contribution in [3.63, 3.8) is 0 Å². The number of hydrogen-bond donors (Lipinski definition) is 1. The first-order valence-corrected chi connectivity index (χ1v) is 7.98. The maximum atomic E-state index is 12.0. The lowest BCUT2D eigenvalue weighted by Gasteiger charge is -2.04. The largest absolute Gasteiger partial charge is 0.345 e. The van der Waals surface area contributed by atoms with Crippen LogP contribution in [0.2, 0.25) is 0 Å². The fourth-order valence-corrected chi connectivity index (χ4v) is 2.40. The number of rotatable bonds is 5. The molecule has 0 fully saturated rings. The molecule has 0 aliphatic carbocycles. The van der Waals surface area contributed by atoms with E-state index >= 15 is 0 Å². The molecule has 1 N–H and O–H groups in total. The van der Waals surface area contributed by atoms with Gasteiger partial charge in [0.2, 0.25) is 5.91 Å². The van der Waals surface area contributed by atoms with Crippen LogP contribution in [0.15, 0.2) is 54.7 Å². The van der Waals surface area contributed by atoms with Crippen LogP contribution in [0.25, 0.3) is 11.7 Å². The number of benzene rings is 1. The highest BCUT2D eigenvalue weighted by atomic mass is 16.1. The van der Waals surface area contributed by atoms with E-state index in [9.17, 15) is 4.79 Å². The zero-order chi connectivity index (χ0) is 16.9. The van der Waals surface area contributed by atoms with E-state index in [1.54, 1.807) is 6.08 Å². The Bertz CT molecular complexity index is 862. The summed E-state index contributed by atoms with van der Waals surface area (Å²) in [6.07, 6.45) is 5.22. The molecule has 0 spiro atoms. The van der Waals surface area contributed by atoms with Gasteiger partial charge >= 0.3 is 0 Å². The third-order valence-electron chi connectivity index (χ3n) is 3.84. The summed E-state index contributed by atoms with van der Waals surface area (Å²) >= 11 is 0. The van der Waals surface area contributed by atoms with Gasteiger partial charge in [0, 0.05) is 12.3 Å². The van der Waals surface area contributed by atoms with Crippen LogP contribution in [-0.2, 0) is 11.3 Å². The highest BCUT2D eigenvalue weighted by molar-refractivity contribution is 5.91. The van der Waals surface area contributed by atoms with Crippen LogP contribution in [0.4, 0.5) is 0 Å². The highest BCUT2D eigenvalue weighted by Gasteiger charge is 2.05. The molecule has 0 unspecified atom stereocenters. The van der Waals surface area contributed by atoms with E-state index in [4.69, 9.17) is 0 Å². The van der Waals surface area contributed by atoms with Gasteiger partial charge in [0.05, 0.1) is 6.54 Å². The van der Waals surface area contributed by atoms with Crippen molar-refractivity contribution in [1.82, 2.24) is 19.9 Å². The SMILES string of the molecule is CC(C)c1ccc(C=CC(=O)NCc2nnc3ccccn23)cc1. The molecule has 0 radical (unpaired) electrons. The minimum Gasteiger partial charge on any atom is -0.345 e. The number of pyridine rings is 1. The van der Waals surface area contributed by atoms with Crippen LogP contribution in [0, 0.1) is 0 Å². The molecule has 5 heteroatoms. The minimum absolute atomic E-state index is 0.157. The molecule has 24 heavy (non-hydrogen) atoms. The van der Waals surface area contributed by atoms with Gasteiger partial charge in [0.1, 0.15) is 0 Å². The molecule has 0 aliphatic rings. The average molecular weight is 320 g/mol. The lowest BCUT2D eigenvalue weighted by Crippen LogP contribution is -2.21. The van der Waals surface area contributed by atoms with Crippen LogP contribution < -0.4 is 5.32 Å². The van der Waals surface area contributed by atoms with Gasteiger partial charge in [-0.15, -0.1) is 10.2 Å². The second-order valence-electron chi connectivity index (χ2n) is 5.92. The first-order chi connectivity index (χ1) is 11.6. The molecular formula is C19H20N4O. The number of amides is 1. The summed E-state index contributed by atoms with van der Waals surface area (Å²) in [5, 5.41) is 11.0. The molecule has 3 rings (SSSR count). The Kier molecular flexibility index (Phi) is 4.70. The van der Waals surface area contributed by atoms with E-state index in [2.05, 4.69) is 41.5 Å². The molecule has 2 heterocycles. The standard InChI is InChI=1S/C19H20N4O/c1-14(2)16-9-6-15(7-10-16)8-11-19(24)20-13-18-22-21-17-5-3-4-12-23(17)18/h3-12,14H,13H2,1-2H3,(H,20,24). The van der Waals surface area contributed by atoms with Crippen LogP contribution in [-0.4, -0.2) is 20.5 Å². The summed E-state index contributed by atoms with van der Waals surface area (Å²) in [4.78, 5) is 12.0. The monoisotopic (exact) mass is 320 g/mol. The van der Waals surface area contributed by atoms with Gasteiger partial charge in [-0.1, -0.05) is 44.2 Å². The zero-order valence-electron chi connectivity index (χ0n) is 13.8. The Morgan fingerprint density at radius 2 is 1.96 bits per heavy atom. The lowest BCUT2D eigenvalue weighted by molar-refractivity contribution is -0.116. The van der Waals surface area contributed by atoms with Gasteiger partial charge in [-0.05, 0) is 35.3 Å². The van der Waals surface area contributed by atoms with Crippen molar-refractivity contribution >= 4 is 17.6 Å². The van der Waals surface area contributed by atoms with Gasteiger partial charge in [-0.2, -0.15) is 0 Å². The second kappa shape index (κ2) is 7.08. The summed E-state index contributed by atoms with van der Waals surface area (Å²) < 4.78 is 1.86. The third kappa shape index (κ3) is 3.68. The van der Waals surface area contributed by atoms with Crippen LogP contribution in [0.3, 0.4) is 0 Å². The summed E-state index contributed by atoms with van der Waals surface area (Å²) in [6, 6.07) is 13.9. The molecule has 0 saturated heterocycles. The number of hydrogen-bond acceptors (Lipinski definition) is 3. The Hall–Kier alpha value is -2.95. The van der Waals surface area contributed by atoms with Crippen molar-refractivity contribution < 1.29 is 4.79 Å². The first kappa shape index (κ1) is 15.9. The van der Waals surface area contributed by atoms with Gasteiger partial charge < -0.3 is 5.32 Å². The molecule has 3 aromatic rings. The molecule has 2 aromatic heterocycles. The van der Waals surface area contributed by atoms with Crippen LogP contribution >= 0.6 is 0 Å². The molecule has 0 atom stereocenters. The van der Waals surface area contributed by atoms with Crippen LogP contribution in [0.1, 0.15) is 36.7 Å². The Morgan fingerprint density at radius 1 is 1.17 bits per heavy atom. The predicted octanol–water partition coefficient (Wildman–Crippen LogP) is 3.18. The quantitative estimate of drug-likeness (QED) is 0.735. The first-order valence-electron chi connectivity index (χ1n) is 7.98. The molecule has 0 bridgehead atoms. The average Bonchev–Trinajstić information content (AvgIpc) is 3.01. The Morgan fingerprint density at radius 3 is 2.71 bits per heavy atom. The maximum Gasteiger partial charge on any atom is 0.244 e. The normalized spacial score (nSPS) is 11.5. The smallest absolute Gasteiger partial charge is 0.244 e. The van der Waals surface area contributed by atoms with E-state index in [0.717, 1.165) is 11.2 Å².